The van der Waals surface area contributed by atoms with Gasteiger partial charge in [-0.3, -0.25) is 0 Å². The molecule has 0 saturated carbocycles. The number of carboxylic acid groups (broad SMARTS) is 1. The SMILES string of the molecule is [2H]C([2H])(C(=O)[O-])[C@]([2H])(O)C([2H])([2H])[N+](C([2H])([2H])[2H])(C([2H])([2H])[2H])C([2H])([2H])[2H]. The maximum absolute atomic E-state index is 10.8. The van der Waals surface area contributed by atoms with Gasteiger partial charge in [0.15, 0.2) is 0 Å². The number of rotatable bonds is 4. The number of carbonyl (C=O) groups excluding carboxylic acids is 1. The van der Waals surface area contributed by atoms with E-state index in [0.717, 1.165) is 0 Å². The van der Waals surface area contributed by atoms with Crippen molar-refractivity contribution < 1.29 is 38.7 Å². The minimum atomic E-state index is -4.70. The van der Waals surface area contributed by atoms with Gasteiger partial charge in [-0.05, 0) is 0 Å². The molecular weight excluding hydrogens is 146 g/mol. The van der Waals surface area contributed by atoms with Crippen molar-refractivity contribution in [1.29, 1.82) is 0 Å². The number of carboxylic acids is 1. The van der Waals surface area contributed by atoms with Crippen LogP contribution in [0.5, 0.6) is 0 Å². The number of nitrogens with zero attached hydrogens (tertiary/aromatic N) is 1. The molecule has 4 heteroatoms. The van der Waals surface area contributed by atoms with E-state index in [2.05, 4.69) is 0 Å². The molecule has 0 heterocycles. The second-order valence-electron chi connectivity index (χ2n) is 1.54. The number of quaternary nitrogens is 1. The molecule has 0 unspecified atom stereocenters. The van der Waals surface area contributed by atoms with Crippen LogP contribution in [-0.4, -0.2) is 49.1 Å². The highest BCUT2D eigenvalue weighted by Gasteiger charge is 2.14. The Balaban J connectivity index is 7.27. The second kappa shape index (κ2) is 3.69. The van der Waals surface area contributed by atoms with Crippen molar-refractivity contribution >= 4 is 5.97 Å². The van der Waals surface area contributed by atoms with Crippen molar-refractivity contribution in [1.82, 2.24) is 0 Å². The average Bonchev–Trinajstić information content (AvgIpc) is 2.20. The molecule has 1 atom stereocenters. The van der Waals surface area contributed by atoms with Gasteiger partial charge in [0.1, 0.15) is 12.6 Å². The van der Waals surface area contributed by atoms with E-state index in [1.807, 2.05) is 0 Å². The minimum absolute atomic E-state index is 2.88. The van der Waals surface area contributed by atoms with Crippen molar-refractivity contribution in [3.63, 3.8) is 0 Å². The number of aliphatic hydroxyl groups is 1. The van der Waals surface area contributed by atoms with E-state index in [0.29, 0.717) is 0 Å². The van der Waals surface area contributed by atoms with Crippen LogP contribution in [0.2, 0.25) is 0 Å². The fourth-order valence-corrected chi connectivity index (χ4v) is 0.283. The zero-order valence-corrected chi connectivity index (χ0v) is 5.21. The summed E-state index contributed by atoms with van der Waals surface area (Å²) >= 11 is 0. The Kier molecular flexibility index (Phi) is 0.561. The first-order chi connectivity index (χ1) is 10.4. The molecule has 11 heavy (non-hydrogen) atoms. The normalized spacial score (nSPS) is 42.3. The van der Waals surface area contributed by atoms with E-state index < -0.39 is 50.3 Å². The smallest absolute Gasteiger partial charge is 0.108 e. The lowest BCUT2D eigenvalue weighted by Gasteiger charge is -2.26. The average molecular weight is 175 g/mol. The van der Waals surface area contributed by atoms with E-state index in [1.165, 1.54) is 0 Å². The summed E-state index contributed by atoms with van der Waals surface area (Å²) in [5.74, 6) is -2.88. The van der Waals surface area contributed by atoms with Crippen LogP contribution in [0, 0.1) is 0 Å². The minimum Gasteiger partial charge on any atom is -0.550 e. The van der Waals surface area contributed by atoms with Crippen molar-refractivity contribution in [3.8, 4) is 0 Å². The quantitative estimate of drug-likeness (QED) is 0.513. The first-order valence-electron chi connectivity index (χ1n) is 9.28. The lowest BCUT2D eigenvalue weighted by Crippen LogP contribution is -2.43. The Hall–Kier alpha value is -0.610. The van der Waals surface area contributed by atoms with Crippen LogP contribution < -0.4 is 5.11 Å². The molecule has 0 aromatic heterocycles. The Morgan fingerprint density at radius 1 is 1.91 bits per heavy atom. The molecular formula is C7H15NO3. The second-order valence-corrected chi connectivity index (χ2v) is 1.54. The van der Waals surface area contributed by atoms with Gasteiger partial charge < -0.3 is 19.5 Å². The molecule has 0 aromatic carbocycles. The number of hydrogen-bond acceptors (Lipinski definition) is 3. The van der Waals surface area contributed by atoms with Gasteiger partial charge in [-0.2, -0.15) is 0 Å². The number of carbonyl (C=O) groups is 1. The van der Waals surface area contributed by atoms with Crippen LogP contribution in [0.4, 0.5) is 0 Å². The standard InChI is InChI=1S/C7H15NO3/c1-8(2,3)5-6(9)4-7(10)11/h6,9H,4-5H2,1-3H3/t6-/m0/s1/i1D3,2D3,3D3,4D2,5D2,6D. The summed E-state index contributed by atoms with van der Waals surface area (Å²) in [4.78, 5) is 10.8. The van der Waals surface area contributed by atoms with Gasteiger partial charge in [-0.1, -0.05) is 0 Å². The highest BCUT2D eigenvalue weighted by atomic mass is 16.4. The van der Waals surface area contributed by atoms with Gasteiger partial charge in [0, 0.05) is 15.1 Å². The third-order valence-electron chi connectivity index (χ3n) is 0.494. The zero-order chi connectivity index (χ0) is 21.1. The molecule has 0 spiro atoms. The van der Waals surface area contributed by atoms with Gasteiger partial charge in [0.05, 0.1) is 37.4 Å². The van der Waals surface area contributed by atoms with Gasteiger partial charge in [0.25, 0.3) is 0 Å². The van der Waals surface area contributed by atoms with Crippen LogP contribution >= 0.6 is 0 Å². The lowest BCUT2D eigenvalue weighted by atomic mass is 10.2. The van der Waals surface area contributed by atoms with Crippen molar-refractivity contribution in [2.75, 3.05) is 27.4 Å². The molecule has 66 valence electrons. The summed E-state index contributed by atoms with van der Waals surface area (Å²) in [6, 6.07) is 0. The predicted octanol–water partition coefficient (Wildman–Crippen LogP) is -1.81. The molecule has 4 nitrogen and oxygen atoms in total. The largest absolute Gasteiger partial charge is 0.550 e. The zero-order valence-electron chi connectivity index (χ0n) is 19.2. The Morgan fingerprint density at radius 2 is 2.45 bits per heavy atom. The van der Waals surface area contributed by atoms with E-state index in [1.54, 1.807) is 0 Å². The molecule has 0 saturated heterocycles. The van der Waals surface area contributed by atoms with E-state index in [9.17, 15) is 15.0 Å². The molecule has 0 rings (SSSR count). The van der Waals surface area contributed by atoms with Gasteiger partial charge >= 0.3 is 0 Å². The molecule has 0 bridgehead atoms. The first-order valence-corrected chi connectivity index (χ1v) is 2.28. The Morgan fingerprint density at radius 3 is 2.82 bits per heavy atom. The molecule has 0 aliphatic rings. The van der Waals surface area contributed by atoms with Crippen molar-refractivity contribution in [2.24, 2.45) is 0 Å². The van der Waals surface area contributed by atoms with Crippen molar-refractivity contribution in [3.05, 3.63) is 0 Å². The summed E-state index contributed by atoms with van der Waals surface area (Å²) in [6.07, 6.45) is -9.06. The van der Waals surface area contributed by atoms with Crippen LogP contribution in [0.15, 0.2) is 0 Å². The lowest BCUT2D eigenvalue weighted by molar-refractivity contribution is -0.873. The van der Waals surface area contributed by atoms with Crippen LogP contribution in [0.1, 0.15) is 25.6 Å². The maximum Gasteiger partial charge on any atom is 0.108 e. The maximum atomic E-state index is 10.8. The van der Waals surface area contributed by atoms with E-state index in [-0.39, 0.29) is 0 Å². The van der Waals surface area contributed by atoms with Crippen LogP contribution in [0.25, 0.3) is 0 Å². The monoisotopic (exact) mass is 175 g/mol. The topological polar surface area (TPSA) is 60.4 Å². The third kappa shape index (κ3) is 7.29. The Bertz CT molecular complexity index is 492. The number of likely N-dealkylation sites (N-methyl/N-ethyl adjacent to an activating group) is 1. The van der Waals surface area contributed by atoms with Crippen molar-refractivity contribution in [2.45, 2.75) is 12.5 Å². The molecule has 0 radical (unpaired) electrons. The van der Waals surface area contributed by atoms with E-state index in [4.69, 9.17) is 19.2 Å². The fraction of sp³-hybridized carbons (Fsp3) is 0.857. The highest BCUT2D eigenvalue weighted by molar-refractivity contribution is 5.64. The summed E-state index contributed by atoms with van der Waals surface area (Å²) < 4.78 is 98.6. The van der Waals surface area contributed by atoms with Gasteiger partial charge in [0.2, 0.25) is 0 Å². The highest BCUT2D eigenvalue weighted by Crippen LogP contribution is 1.97. The summed E-state index contributed by atoms with van der Waals surface area (Å²) in [5.41, 5.74) is 0. The molecule has 0 aromatic rings. The molecule has 0 aliphatic heterocycles. The molecule has 0 fully saturated rings. The predicted molar refractivity (Wildman–Crippen MR) is 38.5 cm³/mol. The van der Waals surface area contributed by atoms with Crippen LogP contribution in [-0.2, 0) is 4.79 Å². The third-order valence-corrected chi connectivity index (χ3v) is 0.494. The van der Waals surface area contributed by atoms with Gasteiger partial charge in [-0.25, -0.2) is 0 Å². The molecule has 0 amide bonds. The van der Waals surface area contributed by atoms with E-state index >= 15 is 0 Å². The number of aliphatic carboxylic acids is 1. The summed E-state index contributed by atoms with van der Waals surface area (Å²) in [5, 5.41) is 20.7. The summed E-state index contributed by atoms with van der Waals surface area (Å²) in [7, 11) is 0. The fourth-order valence-electron chi connectivity index (χ4n) is 0.283. The number of hydrogen-bond donors (Lipinski definition) is 1. The molecule has 1 N–H and O–H groups in total. The Labute approximate surface area is 86.3 Å². The summed E-state index contributed by atoms with van der Waals surface area (Å²) in [6.45, 7) is -17.6. The van der Waals surface area contributed by atoms with Gasteiger partial charge in [-0.15, -0.1) is 0 Å². The first kappa shape index (κ1) is 1.67. The molecule has 0 aliphatic carbocycles. The van der Waals surface area contributed by atoms with Crippen LogP contribution in [0.3, 0.4) is 0 Å².